The SMILES string of the molecule is CCOCCC(=O)NC1CC(N(CC)CC(=O)O)C1. The summed E-state index contributed by atoms with van der Waals surface area (Å²) in [6.07, 6.45) is 2.06. The lowest BCUT2D eigenvalue weighted by molar-refractivity contribution is -0.139. The summed E-state index contributed by atoms with van der Waals surface area (Å²) in [7, 11) is 0. The van der Waals surface area contributed by atoms with Crippen LogP contribution in [-0.2, 0) is 14.3 Å². The maximum absolute atomic E-state index is 11.5. The molecule has 0 spiro atoms. The van der Waals surface area contributed by atoms with Gasteiger partial charge in [0.05, 0.1) is 13.2 Å². The normalized spacial score (nSPS) is 22.1. The summed E-state index contributed by atoms with van der Waals surface area (Å²) in [6, 6.07) is 0.459. The second-order valence-electron chi connectivity index (χ2n) is 4.79. The lowest BCUT2D eigenvalue weighted by Gasteiger charge is -2.42. The number of ether oxygens (including phenoxy) is 1. The molecule has 1 fully saturated rings. The van der Waals surface area contributed by atoms with Crippen LogP contribution in [0.15, 0.2) is 0 Å². The van der Waals surface area contributed by atoms with E-state index in [0.29, 0.717) is 19.6 Å². The number of hydrogen-bond donors (Lipinski definition) is 2. The third-order valence-corrected chi connectivity index (χ3v) is 3.42. The van der Waals surface area contributed by atoms with Gasteiger partial charge < -0.3 is 15.2 Å². The van der Waals surface area contributed by atoms with Crippen LogP contribution in [0.2, 0.25) is 0 Å². The Labute approximate surface area is 114 Å². The minimum atomic E-state index is -0.800. The first-order chi connectivity index (χ1) is 9.06. The molecule has 0 atom stereocenters. The van der Waals surface area contributed by atoms with Crippen LogP contribution in [0.25, 0.3) is 0 Å². The topological polar surface area (TPSA) is 78.9 Å². The Bertz CT molecular complexity index is 303. The van der Waals surface area contributed by atoms with Gasteiger partial charge in [0.25, 0.3) is 0 Å². The molecule has 1 saturated carbocycles. The summed E-state index contributed by atoms with van der Waals surface area (Å²) in [5, 5.41) is 11.7. The quantitative estimate of drug-likeness (QED) is 0.596. The Morgan fingerprint density at radius 3 is 2.58 bits per heavy atom. The predicted octanol–water partition coefficient (Wildman–Crippen LogP) is 0.467. The highest BCUT2D eigenvalue weighted by Gasteiger charge is 2.34. The number of rotatable bonds is 9. The molecule has 0 unspecified atom stereocenters. The zero-order valence-electron chi connectivity index (χ0n) is 11.7. The molecule has 0 aromatic heterocycles. The molecule has 1 rings (SSSR count). The molecule has 110 valence electrons. The smallest absolute Gasteiger partial charge is 0.317 e. The van der Waals surface area contributed by atoms with Crippen molar-refractivity contribution >= 4 is 11.9 Å². The number of nitrogens with zero attached hydrogens (tertiary/aromatic N) is 1. The number of likely N-dealkylation sites (N-methyl/N-ethyl adjacent to an activating group) is 1. The van der Waals surface area contributed by atoms with Gasteiger partial charge in [-0.25, -0.2) is 0 Å². The van der Waals surface area contributed by atoms with E-state index in [1.807, 2.05) is 18.7 Å². The van der Waals surface area contributed by atoms with E-state index >= 15 is 0 Å². The molecule has 0 saturated heterocycles. The minimum Gasteiger partial charge on any atom is -0.480 e. The number of carbonyl (C=O) groups is 2. The van der Waals surface area contributed by atoms with Crippen molar-refractivity contribution in [3.8, 4) is 0 Å². The van der Waals surface area contributed by atoms with Gasteiger partial charge >= 0.3 is 5.97 Å². The van der Waals surface area contributed by atoms with Crippen LogP contribution in [0.5, 0.6) is 0 Å². The van der Waals surface area contributed by atoms with Crippen molar-refractivity contribution in [1.82, 2.24) is 10.2 Å². The molecule has 1 aliphatic carbocycles. The Morgan fingerprint density at radius 2 is 2.05 bits per heavy atom. The van der Waals surface area contributed by atoms with E-state index in [1.165, 1.54) is 0 Å². The lowest BCUT2D eigenvalue weighted by atomic mass is 9.85. The molecule has 2 N–H and O–H groups in total. The van der Waals surface area contributed by atoms with Crippen LogP contribution >= 0.6 is 0 Å². The van der Waals surface area contributed by atoms with E-state index in [4.69, 9.17) is 9.84 Å². The first-order valence-corrected chi connectivity index (χ1v) is 6.89. The zero-order chi connectivity index (χ0) is 14.3. The van der Waals surface area contributed by atoms with Crippen molar-refractivity contribution < 1.29 is 19.4 Å². The van der Waals surface area contributed by atoms with Crippen molar-refractivity contribution in [2.24, 2.45) is 0 Å². The largest absolute Gasteiger partial charge is 0.480 e. The van der Waals surface area contributed by atoms with Crippen LogP contribution in [0.4, 0.5) is 0 Å². The number of carbonyl (C=O) groups excluding carboxylic acids is 1. The number of carboxylic acids is 1. The Hall–Kier alpha value is -1.14. The first kappa shape index (κ1) is 15.9. The molecule has 0 aromatic carbocycles. The highest BCUT2D eigenvalue weighted by Crippen LogP contribution is 2.25. The Kier molecular flexibility index (Phi) is 6.80. The van der Waals surface area contributed by atoms with Gasteiger partial charge in [0.2, 0.25) is 5.91 Å². The van der Waals surface area contributed by atoms with Gasteiger partial charge in [-0.15, -0.1) is 0 Å². The average Bonchev–Trinajstić information content (AvgIpc) is 2.31. The first-order valence-electron chi connectivity index (χ1n) is 6.89. The maximum Gasteiger partial charge on any atom is 0.317 e. The molecule has 0 aliphatic heterocycles. The van der Waals surface area contributed by atoms with E-state index in [-0.39, 0.29) is 24.5 Å². The van der Waals surface area contributed by atoms with Crippen molar-refractivity contribution in [1.29, 1.82) is 0 Å². The lowest BCUT2D eigenvalue weighted by Crippen LogP contribution is -2.54. The van der Waals surface area contributed by atoms with E-state index in [1.54, 1.807) is 0 Å². The molecule has 0 aromatic rings. The molecular weight excluding hydrogens is 248 g/mol. The van der Waals surface area contributed by atoms with E-state index in [2.05, 4.69) is 5.32 Å². The monoisotopic (exact) mass is 272 g/mol. The molecule has 6 nitrogen and oxygen atoms in total. The standard InChI is InChI=1S/C13H24N2O4/c1-3-15(9-13(17)18)11-7-10(8-11)14-12(16)5-6-19-4-2/h10-11H,3-9H2,1-2H3,(H,14,16)(H,17,18). The Balaban J connectivity index is 2.18. The fourth-order valence-corrected chi connectivity index (χ4v) is 2.29. The fourth-order valence-electron chi connectivity index (χ4n) is 2.29. The van der Waals surface area contributed by atoms with Crippen molar-refractivity contribution in [2.75, 3.05) is 26.3 Å². The van der Waals surface area contributed by atoms with Gasteiger partial charge in [0, 0.05) is 25.1 Å². The van der Waals surface area contributed by atoms with Crippen LogP contribution in [-0.4, -0.2) is 60.3 Å². The van der Waals surface area contributed by atoms with Crippen LogP contribution < -0.4 is 5.32 Å². The average molecular weight is 272 g/mol. The van der Waals surface area contributed by atoms with Crippen molar-refractivity contribution in [2.45, 2.75) is 45.2 Å². The second-order valence-corrected chi connectivity index (χ2v) is 4.79. The van der Waals surface area contributed by atoms with E-state index in [9.17, 15) is 9.59 Å². The fraction of sp³-hybridized carbons (Fsp3) is 0.846. The van der Waals surface area contributed by atoms with Gasteiger partial charge in [-0.05, 0) is 26.3 Å². The summed E-state index contributed by atoms with van der Waals surface area (Å²) >= 11 is 0. The van der Waals surface area contributed by atoms with E-state index < -0.39 is 5.97 Å². The zero-order valence-corrected chi connectivity index (χ0v) is 11.7. The third-order valence-electron chi connectivity index (χ3n) is 3.42. The summed E-state index contributed by atoms with van der Waals surface area (Å²) < 4.78 is 5.12. The number of amides is 1. The van der Waals surface area contributed by atoms with Gasteiger partial charge in [0.1, 0.15) is 0 Å². The van der Waals surface area contributed by atoms with Gasteiger partial charge in [0.15, 0.2) is 0 Å². The predicted molar refractivity (Wildman–Crippen MR) is 70.9 cm³/mol. The molecule has 19 heavy (non-hydrogen) atoms. The minimum absolute atomic E-state index is 0.0122. The number of nitrogens with one attached hydrogen (secondary N) is 1. The highest BCUT2D eigenvalue weighted by atomic mass is 16.5. The van der Waals surface area contributed by atoms with E-state index in [0.717, 1.165) is 19.4 Å². The molecule has 0 heterocycles. The summed E-state index contributed by atoms with van der Waals surface area (Å²) in [4.78, 5) is 24.2. The van der Waals surface area contributed by atoms with Crippen molar-refractivity contribution in [3.63, 3.8) is 0 Å². The molecular formula is C13H24N2O4. The summed E-state index contributed by atoms with van der Waals surface area (Å²) in [6.45, 7) is 5.74. The molecule has 1 aliphatic rings. The molecule has 1 amide bonds. The Morgan fingerprint density at radius 1 is 1.37 bits per heavy atom. The van der Waals surface area contributed by atoms with Crippen LogP contribution in [0.3, 0.4) is 0 Å². The van der Waals surface area contributed by atoms with Gasteiger partial charge in [-0.3, -0.25) is 14.5 Å². The van der Waals surface area contributed by atoms with Crippen LogP contribution in [0.1, 0.15) is 33.1 Å². The van der Waals surface area contributed by atoms with Crippen LogP contribution in [0, 0.1) is 0 Å². The van der Waals surface area contributed by atoms with Gasteiger partial charge in [-0.1, -0.05) is 6.92 Å². The van der Waals surface area contributed by atoms with Crippen molar-refractivity contribution in [3.05, 3.63) is 0 Å². The second kappa shape index (κ2) is 8.12. The third kappa shape index (κ3) is 5.57. The number of hydrogen-bond acceptors (Lipinski definition) is 4. The molecule has 0 radical (unpaired) electrons. The highest BCUT2D eigenvalue weighted by molar-refractivity contribution is 5.76. The summed E-state index contributed by atoms with van der Waals surface area (Å²) in [5.41, 5.74) is 0. The molecule has 0 bridgehead atoms. The number of aliphatic carboxylic acids is 1. The van der Waals surface area contributed by atoms with Gasteiger partial charge in [-0.2, -0.15) is 0 Å². The maximum atomic E-state index is 11.5. The summed E-state index contributed by atoms with van der Waals surface area (Å²) in [5.74, 6) is -0.788. The number of carboxylic acid groups (broad SMARTS) is 1. The molecule has 6 heteroatoms.